The van der Waals surface area contributed by atoms with Crippen molar-refractivity contribution in [1.29, 1.82) is 0 Å². The average Bonchev–Trinajstić information content (AvgIpc) is 2.91. The van der Waals surface area contributed by atoms with Gasteiger partial charge in [0.25, 0.3) is 0 Å². The number of aryl methyl sites for hydroxylation is 1. The maximum atomic E-state index is 11.9. The second-order valence-corrected chi connectivity index (χ2v) is 4.57. The van der Waals surface area contributed by atoms with Gasteiger partial charge in [-0.15, -0.1) is 0 Å². The van der Waals surface area contributed by atoms with Gasteiger partial charge in [0.1, 0.15) is 24.2 Å². The highest BCUT2D eigenvalue weighted by Gasteiger charge is 2.23. The lowest BCUT2D eigenvalue weighted by atomic mass is 10.0. The summed E-state index contributed by atoms with van der Waals surface area (Å²) in [4.78, 5) is 16.3. The molecule has 0 fully saturated rings. The number of carbonyl (C=O) groups excluding carboxylic acids is 1. The number of hydrogen-bond acceptors (Lipinski definition) is 4. The predicted molar refractivity (Wildman–Crippen MR) is 78.1 cm³/mol. The normalized spacial score (nSPS) is 12.0. The number of rotatable bonds is 6. The van der Waals surface area contributed by atoms with E-state index in [1.165, 1.54) is 7.11 Å². The van der Waals surface area contributed by atoms with Gasteiger partial charge in [0.15, 0.2) is 0 Å². The number of para-hydroxylation sites is 1. The first-order chi connectivity index (χ1) is 10.2. The second kappa shape index (κ2) is 6.90. The van der Waals surface area contributed by atoms with Crippen LogP contribution in [-0.4, -0.2) is 36.3 Å². The summed E-state index contributed by atoms with van der Waals surface area (Å²) in [5, 5.41) is 2.92. The molecule has 1 atom stereocenters. The molecule has 1 N–H and O–H groups in total. The van der Waals surface area contributed by atoms with E-state index in [0.717, 1.165) is 11.4 Å². The van der Waals surface area contributed by atoms with E-state index in [2.05, 4.69) is 10.3 Å². The summed E-state index contributed by atoms with van der Waals surface area (Å²) in [5.74, 6) is 1.21. The number of nitrogens with zero attached hydrogens (tertiary/aromatic N) is 2. The number of nitrogens with one attached hydrogen (secondary N) is 1. The Labute approximate surface area is 123 Å². The first kappa shape index (κ1) is 15.1. The monoisotopic (exact) mass is 289 g/mol. The number of benzene rings is 1. The van der Waals surface area contributed by atoms with Crippen LogP contribution in [-0.2, 0) is 16.6 Å². The first-order valence-electron chi connectivity index (χ1n) is 6.55. The van der Waals surface area contributed by atoms with E-state index in [1.807, 2.05) is 42.1 Å². The molecule has 0 saturated heterocycles. The summed E-state index contributed by atoms with van der Waals surface area (Å²) >= 11 is 0. The Bertz CT molecular complexity index is 610. The second-order valence-electron chi connectivity index (χ2n) is 4.57. The molecular formula is C15H19N3O3. The molecule has 6 nitrogen and oxygen atoms in total. The van der Waals surface area contributed by atoms with Crippen LogP contribution in [0.5, 0.6) is 5.75 Å². The number of imidazole rings is 1. The van der Waals surface area contributed by atoms with Crippen LogP contribution in [0.25, 0.3) is 0 Å². The lowest BCUT2D eigenvalue weighted by Gasteiger charge is -2.21. The van der Waals surface area contributed by atoms with Crippen molar-refractivity contribution in [3.63, 3.8) is 0 Å². The molecule has 6 heteroatoms. The molecule has 21 heavy (non-hydrogen) atoms. The first-order valence-corrected chi connectivity index (χ1v) is 6.55. The van der Waals surface area contributed by atoms with Crippen molar-refractivity contribution < 1.29 is 14.3 Å². The number of aromatic nitrogens is 2. The molecule has 0 aliphatic rings. The van der Waals surface area contributed by atoms with Gasteiger partial charge < -0.3 is 19.4 Å². The Morgan fingerprint density at radius 3 is 2.76 bits per heavy atom. The van der Waals surface area contributed by atoms with Crippen molar-refractivity contribution >= 4 is 5.91 Å². The van der Waals surface area contributed by atoms with Gasteiger partial charge in [0.05, 0.1) is 7.11 Å². The fourth-order valence-electron chi connectivity index (χ4n) is 2.18. The van der Waals surface area contributed by atoms with Gasteiger partial charge in [-0.25, -0.2) is 4.98 Å². The topological polar surface area (TPSA) is 65.4 Å². The zero-order valence-corrected chi connectivity index (χ0v) is 12.4. The smallest absolute Gasteiger partial charge is 0.246 e. The van der Waals surface area contributed by atoms with Gasteiger partial charge in [0.2, 0.25) is 5.91 Å². The summed E-state index contributed by atoms with van der Waals surface area (Å²) < 4.78 is 12.1. The lowest BCUT2D eigenvalue weighted by molar-refractivity contribution is -0.125. The van der Waals surface area contributed by atoms with E-state index in [0.29, 0.717) is 5.75 Å². The summed E-state index contributed by atoms with van der Waals surface area (Å²) in [6, 6.07) is 7.15. The molecule has 0 unspecified atom stereocenters. The Hall–Kier alpha value is -2.34. The van der Waals surface area contributed by atoms with Crippen LogP contribution < -0.4 is 10.1 Å². The van der Waals surface area contributed by atoms with Crippen LogP contribution in [0.2, 0.25) is 0 Å². The van der Waals surface area contributed by atoms with Crippen LogP contribution in [0.3, 0.4) is 0 Å². The Morgan fingerprint density at radius 1 is 1.38 bits per heavy atom. The highest BCUT2D eigenvalue weighted by molar-refractivity contribution is 5.78. The van der Waals surface area contributed by atoms with E-state index < -0.39 is 6.04 Å². The Balaban J connectivity index is 2.40. The minimum Gasteiger partial charge on any atom is -0.496 e. The predicted octanol–water partition coefficient (Wildman–Crippen LogP) is 1.28. The zero-order valence-electron chi connectivity index (χ0n) is 12.4. The molecule has 0 spiro atoms. The van der Waals surface area contributed by atoms with Crippen molar-refractivity contribution in [2.75, 3.05) is 20.8 Å². The van der Waals surface area contributed by atoms with E-state index in [-0.39, 0.29) is 12.5 Å². The SMILES string of the molecule is COCC(=O)N[C@H](c1ccccc1OC)c1nccn1C. The van der Waals surface area contributed by atoms with Crippen molar-refractivity contribution in [1.82, 2.24) is 14.9 Å². The van der Waals surface area contributed by atoms with Crippen molar-refractivity contribution in [2.24, 2.45) is 7.05 Å². The third kappa shape index (κ3) is 3.41. The fraction of sp³-hybridized carbons (Fsp3) is 0.333. The van der Waals surface area contributed by atoms with Crippen LogP contribution >= 0.6 is 0 Å². The van der Waals surface area contributed by atoms with Crippen LogP contribution in [0, 0.1) is 0 Å². The van der Waals surface area contributed by atoms with Gasteiger partial charge in [0, 0.05) is 32.1 Å². The molecule has 0 aliphatic carbocycles. The molecule has 0 radical (unpaired) electrons. The molecule has 0 bridgehead atoms. The molecule has 1 amide bonds. The number of carbonyl (C=O) groups is 1. The quantitative estimate of drug-likeness (QED) is 0.870. The molecule has 1 aromatic carbocycles. The average molecular weight is 289 g/mol. The molecule has 1 aromatic heterocycles. The summed E-state index contributed by atoms with van der Waals surface area (Å²) in [5.41, 5.74) is 0.846. The molecule has 0 saturated carbocycles. The third-order valence-electron chi connectivity index (χ3n) is 3.15. The van der Waals surface area contributed by atoms with Gasteiger partial charge in [-0.3, -0.25) is 4.79 Å². The fourth-order valence-corrected chi connectivity index (χ4v) is 2.18. The molecule has 0 aliphatic heterocycles. The number of hydrogen-bond donors (Lipinski definition) is 1. The van der Waals surface area contributed by atoms with E-state index in [1.54, 1.807) is 13.3 Å². The minimum absolute atomic E-state index is 0.00390. The van der Waals surface area contributed by atoms with Gasteiger partial charge in [-0.05, 0) is 6.07 Å². The summed E-state index contributed by atoms with van der Waals surface area (Å²) in [7, 11) is 4.97. The third-order valence-corrected chi connectivity index (χ3v) is 3.15. The van der Waals surface area contributed by atoms with Gasteiger partial charge in [-0.1, -0.05) is 18.2 Å². The Morgan fingerprint density at radius 2 is 2.14 bits per heavy atom. The van der Waals surface area contributed by atoms with E-state index >= 15 is 0 Å². The Kier molecular flexibility index (Phi) is 4.94. The number of amides is 1. The largest absolute Gasteiger partial charge is 0.496 e. The summed E-state index contributed by atoms with van der Waals surface area (Å²) in [6.07, 6.45) is 3.53. The maximum Gasteiger partial charge on any atom is 0.246 e. The van der Waals surface area contributed by atoms with E-state index in [9.17, 15) is 4.79 Å². The summed E-state index contributed by atoms with van der Waals surface area (Å²) in [6.45, 7) is -0.00390. The minimum atomic E-state index is -0.399. The van der Waals surface area contributed by atoms with E-state index in [4.69, 9.17) is 9.47 Å². The molecular weight excluding hydrogens is 270 g/mol. The van der Waals surface area contributed by atoms with Crippen LogP contribution in [0.4, 0.5) is 0 Å². The number of methoxy groups -OCH3 is 2. The van der Waals surface area contributed by atoms with Crippen molar-refractivity contribution in [2.45, 2.75) is 6.04 Å². The van der Waals surface area contributed by atoms with Crippen LogP contribution in [0.15, 0.2) is 36.7 Å². The zero-order chi connectivity index (χ0) is 15.2. The molecule has 2 aromatic rings. The standard InChI is InChI=1S/C15H19N3O3/c1-18-9-8-16-15(18)14(17-13(19)10-20-2)11-6-4-5-7-12(11)21-3/h4-9,14H,10H2,1-3H3,(H,17,19)/t14-/m1/s1. The molecule has 1 heterocycles. The molecule has 112 valence electrons. The molecule has 2 rings (SSSR count). The van der Waals surface area contributed by atoms with Crippen LogP contribution in [0.1, 0.15) is 17.4 Å². The number of ether oxygens (including phenoxy) is 2. The van der Waals surface area contributed by atoms with Gasteiger partial charge >= 0.3 is 0 Å². The highest BCUT2D eigenvalue weighted by Crippen LogP contribution is 2.28. The highest BCUT2D eigenvalue weighted by atomic mass is 16.5. The van der Waals surface area contributed by atoms with Crippen molar-refractivity contribution in [3.05, 3.63) is 48.0 Å². The lowest BCUT2D eigenvalue weighted by Crippen LogP contribution is -2.33. The van der Waals surface area contributed by atoms with Crippen molar-refractivity contribution in [3.8, 4) is 5.75 Å². The maximum absolute atomic E-state index is 11.9. The van der Waals surface area contributed by atoms with Gasteiger partial charge in [-0.2, -0.15) is 0 Å².